The van der Waals surface area contributed by atoms with Gasteiger partial charge < -0.3 is 20.5 Å². The molecule has 6 heteroatoms. The highest BCUT2D eigenvalue weighted by Crippen LogP contribution is 2.12. The molecule has 24 heavy (non-hydrogen) atoms. The number of ether oxygens (including phenoxy) is 1. The molecule has 0 spiro atoms. The third kappa shape index (κ3) is 5.55. The second-order valence-corrected chi connectivity index (χ2v) is 5.22. The van der Waals surface area contributed by atoms with Crippen molar-refractivity contribution in [2.75, 3.05) is 20.2 Å². The molecule has 2 aromatic rings. The van der Waals surface area contributed by atoms with E-state index in [9.17, 15) is 5.11 Å². The van der Waals surface area contributed by atoms with Crippen molar-refractivity contribution in [1.29, 1.82) is 0 Å². The Morgan fingerprint density at radius 1 is 1.17 bits per heavy atom. The average Bonchev–Trinajstić information content (AvgIpc) is 2.65. The zero-order chi connectivity index (χ0) is 17.2. The maximum atomic E-state index is 10.2. The monoisotopic (exact) mass is 328 g/mol. The van der Waals surface area contributed by atoms with E-state index in [0.717, 1.165) is 23.4 Å². The minimum Gasteiger partial charge on any atom is -0.497 e. The number of benzene rings is 1. The summed E-state index contributed by atoms with van der Waals surface area (Å²) >= 11 is 0. The van der Waals surface area contributed by atoms with Crippen LogP contribution < -0.4 is 15.4 Å². The second kappa shape index (κ2) is 9.52. The Balaban J connectivity index is 1.92. The topological polar surface area (TPSA) is 78.8 Å². The van der Waals surface area contributed by atoms with Gasteiger partial charge >= 0.3 is 0 Å². The molecule has 0 aliphatic heterocycles. The Kier molecular flexibility index (Phi) is 7.04. The Morgan fingerprint density at radius 3 is 2.50 bits per heavy atom. The van der Waals surface area contributed by atoms with E-state index < -0.39 is 6.10 Å². The number of hydrogen-bond donors (Lipinski definition) is 3. The first kappa shape index (κ1) is 17.7. The molecule has 0 saturated heterocycles. The number of methoxy groups -OCH3 is 1. The van der Waals surface area contributed by atoms with Crippen LogP contribution in [0.3, 0.4) is 0 Å². The summed E-state index contributed by atoms with van der Waals surface area (Å²) in [6.07, 6.45) is 2.72. The van der Waals surface area contributed by atoms with Crippen LogP contribution in [-0.2, 0) is 6.54 Å². The highest BCUT2D eigenvalue weighted by Gasteiger charge is 2.08. The summed E-state index contributed by atoms with van der Waals surface area (Å²) in [7, 11) is 1.65. The fourth-order valence-electron chi connectivity index (χ4n) is 2.14. The number of aromatic nitrogens is 1. The van der Waals surface area contributed by atoms with E-state index in [2.05, 4.69) is 20.6 Å². The van der Waals surface area contributed by atoms with Crippen LogP contribution in [0.1, 0.15) is 24.2 Å². The van der Waals surface area contributed by atoms with Crippen molar-refractivity contribution >= 4 is 5.96 Å². The minimum absolute atomic E-state index is 0.373. The van der Waals surface area contributed by atoms with E-state index in [1.807, 2.05) is 31.2 Å². The molecule has 1 aromatic heterocycles. The van der Waals surface area contributed by atoms with E-state index in [0.29, 0.717) is 19.0 Å². The molecule has 1 atom stereocenters. The zero-order valence-corrected chi connectivity index (χ0v) is 14.1. The molecule has 0 aliphatic rings. The lowest BCUT2D eigenvalue weighted by Crippen LogP contribution is -2.39. The number of nitrogens with zero attached hydrogens (tertiary/aromatic N) is 2. The summed E-state index contributed by atoms with van der Waals surface area (Å²) in [4.78, 5) is 8.49. The number of aliphatic hydroxyl groups is 1. The van der Waals surface area contributed by atoms with Gasteiger partial charge in [-0.3, -0.25) is 4.98 Å². The SMILES string of the molecule is CCNC(=NCc1ccc(OC)cc1)NCC(O)c1ccncc1. The molecular weight excluding hydrogens is 304 g/mol. The Bertz CT molecular complexity index is 629. The molecule has 1 heterocycles. The molecule has 0 radical (unpaired) electrons. The predicted octanol–water partition coefficient (Wildman–Crippen LogP) is 1.88. The van der Waals surface area contributed by atoms with Gasteiger partial charge in [-0.1, -0.05) is 12.1 Å². The van der Waals surface area contributed by atoms with Crippen molar-refractivity contribution in [3.63, 3.8) is 0 Å². The number of pyridine rings is 1. The van der Waals surface area contributed by atoms with E-state index in [4.69, 9.17) is 4.74 Å². The minimum atomic E-state index is -0.613. The Labute approximate surface area is 142 Å². The van der Waals surface area contributed by atoms with Crippen LogP contribution >= 0.6 is 0 Å². The van der Waals surface area contributed by atoms with Crippen molar-refractivity contribution < 1.29 is 9.84 Å². The van der Waals surface area contributed by atoms with E-state index in [1.54, 1.807) is 31.6 Å². The maximum Gasteiger partial charge on any atom is 0.191 e. The van der Waals surface area contributed by atoms with Crippen LogP contribution in [0.5, 0.6) is 5.75 Å². The van der Waals surface area contributed by atoms with Crippen LogP contribution in [0, 0.1) is 0 Å². The number of guanidine groups is 1. The first-order valence-corrected chi connectivity index (χ1v) is 7.96. The van der Waals surface area contributed by atoms with Gasteiger partial charge in [-0.25, -0.2) is 4.99 Å². The molecule has 128 valence electrons. The highest BCUT2D eigenvalue weighted by atomic mass is 16.5. The molecule has 3 N–H and O–H groups in total. The summed E-state index contributed by atoms with van der Waals surface area (Å²) in [5.41, 5.74) is 1.91. The van der Waals surface area contributed by atoms with Gasteiger partial charge in [0.1, 0.15) is 5.75 Å². The lowest BCUT2D eigenvalue weighted by Gasteiger charge is -2.15. The van der Waals surface area contributed by atoms with Gasteiger partial charge in [0.15, 0.2) is 5.96 Å². The fraction of sp³-hybridized carbons (Fsp3) is 0.333. The third-order valence-corrected chi connectivity index (χ3v) is 3.48. The smallest absolute Gasteiger partial charge is 0.191 e. The lowest BCUT2D eigenvalue weighted by atomic mass is 10.1. The molecule has 0 aliphatic carbocycles. The molecule has 1 aromatic carbocycles. The predicted molar refractivity (Wildman–Crippen MR) is 95.0 cm³/mol. The molecule has 0 amide bonds. The van der Waals surface area contributed by atoms with Crippen molar-refractivity contribution in [3.05, 3.63) is 59.9 Å². The Morgan fingerprint density at radius 2 is 1.88 bits per heavy atom. The number of rotatable bonds is 7. The average molecular weight is 328 g/mol. The number of hydrogen-bond acceptors (Lipinski definition) is 4. The normalized spacial score (nSPS) is 12.5. The van der Waals surface area contributed by atoms with Crippen LogP contribution in [0.4, 0.5) is 0 Å². The molecule has 2 rings (SSSR count). The number of aliphatic hydroxyl groups excluding tert-OH is 1. The second-order valence-electron chi connectivity index (χ2n) is 5.22. The van der Waals surface area contributed by atoms with E-state index >= 15 is 0 Å². The summed E-state index contributed by atoms with van der Waals surface area (Å²) in [5.74, 6) is 1.50. The van der Waals surface area contributed by atoms with Gasteiger partial charge in [-0.15, -0.1) is 0 Å². The first-order chi connectivity index (χ1) is 11.7. The van der Waals surface area contributed by atoms with Gasteiger partial charge in [0.25, 0.3) is 0 Å². The van der Waals surface area contributed by atoms with E-state index in [1.165, 1.54) is 0 Å². The van der Waals surface area contributed by atoms with Gasteiger partial charge in [0.2, 0.25) is 0 Å². The van der Waals surface area contributed by atoms with Gasteiger partial charge in [0, 0.05) is 25.5 Å². The van der Waals surface area contributed by atoms with Gasteiger partial charge in [-0.05, 0) is 42.3 Å². The zero-order valence-electron chi connectivity index (χ0n) is 14.1. The van der Waals surface area contributed by atoms with Crippen molar-refractivity contribution in [1.82, 2.24) is 15.6 Å². The van der Waals surface area contributed by atoms with Crippen LogP contribution in [0.25, 0.3) is 0 Å². The number of aliphatic imine (C=N–C) groups is 1. The van der Waals surface area contributed by atoms with Crippen LogP contribution in [0.15, 0.2) is 53.8 Å². The summed E-state index contributed by atoms with van der Waals surface area (Å²) in [5, 5.41) is 16.5. The lowest BCUT2D eigenvalue weighted by molar-refractivity contribution is 0.180. The molecule has 1 unspecified atom stereocenters. The van der Waals surface area contributed by atoms with Crippen molar-refractivity contribution in [2.45, 2.75) is 19.6 Å². The molecular formula is C18H24N4O2. The number of nitrogens with one attached hydrogen (secondary N) is 2. The van der Waals surface area contributed by atoms with Crippen molar-refractivity contribution in [2.24, 2.45) is 4.99 Å². The van der Waals surface area contributed by atoms with E-state index in [-0.39, 0.29) is 0 Å². The quantitative estimate of drug-likeness (QED) is 0.534. The molecule has 0 fully saturated rings. The van der Waals surface area contributed by atoms with Crippen LogP contribution in [0.2, 0.25) is 0 Å². The molecule has 0 bridgehead atoms. The molecule has 0 saturated carbocycles. The summed E-state index contributed by atoms with van der Waals surface area (Å²) < 4.78 is 5.15. The highest BCUT2D eigenvalue weighted by molar-refractivity contribution is 5.79. The first-order valence-electron chi connectivity index (χ1n) is 7.96. The fourth-order valence-corrected chi connectivity index (χ4v) is 2.14. The van der Waals surface area contributed by atoms with Crippen molar-refractivity contribution in [3.8, 4) is 5.75 Å². The van der Waals surface area contributed by atoms with Gasteiger partial charge in [0.05, 0.1) is 19.8 Å². The standard InChI is InChI=1S/C18H24N4O2/c1-3-20-18(21-12-14-4-6-16(24-2)7-5-14)22-13-17(23)15-8-10-19-11-9-15/h4-11,17,23H,3,12-13H2,1-2H3,(H2,20,21,22). The maximum absolute atomic E-state index is 10.2. The summed E-state index contributed by atoms with van der Waals surface area (Å²) in [6, 6.07) is 11.4. The third-order valence-electron chi connectivity index (χ3n) is 3.48. The van der Waals surface area contributed by atoms with Gasteiger partial charge in [-0.2, -0.15) is 0 Å². The molecule has 6 nitrogen and oxygen atoms in total. The summed E-state index contributed by atoms with van der Waals surface area (Å²) in [6.45, 7) is 3.67. The Hall–Kier alpha value is -2.60. The van der Waals surface area contributed by atoms with Crippen LogP contribution in [-0.4, -0.2) is 36.2 Å². The largest absolute Gasteiger partial charge is 0.497 e.